The lowest BCUT2D eigenvalue weighted by Crippen LogP contribution is -2.39. The van der Waals surface area contributed by atoms with E-state index in [0.717, 1.165) is 5.69 Å². The van der Waals surface area contributed by atoms with Crippen LogP contribution in [0, 0.1) is 11.3 Å². The molecule has 0 aromatic heterocycles. The topological polar surface area (TPSA) is 99.1 Å². The van der Waals surface area contributed by atoms with Gasteiger partial charge in [0.2, 0.25) is 5.91 Å². The molecule has 0 bridgehead atoms. The molecular formula is C13H15N3O3S. The van der Waals surface area contributed by atoms with Gasteiger partial charge in [-0.2, -0.15) is 5.26 Å². The van der Waals surface area contributed by atoms with Crippen LogP contribution in [0.4, 0.5) is 5.69 Å². The minimum atomic E-state index is -2.98. The predicted octanol–water partition coefficient (Wildman–Crippen LogP) is 0.273. The smallest absolute Gasteiger partial charge is 0.239 e. The molecule has 1 unspecified atom stereocenters. The van der Waals surface area contributed by atoms with Crippen molar-refractivity contribution in [1.29, 1.82) is 5.26 Å². The Bertz CT molecular complexity index is 632. The van der Waals surface area contributed by atoms with Crippen molar-refractivity contribution in [3.05, 3.63) is 29.8 Å². The summed E-state index contributed by atoms with van der Waals surface area (Å²) in [4.78, 5) is 11.7. The van der Waals surface area contributed by atoms with E-state index in [2.05, 4.69) is 10.6 Å². The molecule has 1 atom stereocenters. The van der Waals surface area contributed by atoms with Crippen molar-refractivity contribution in [3.63, 3.8) is 0 Å². The third kappa shape index (κ3) is 3.96. The van der Waals surface area contributed by atoms with Gasteiger partial charge in [0.05, 0.1) is 29.7 Å². The molecule has 1 amide bonds. The fraction of sp³-hybridized carbons (Fsp3) is 0.385. The molecule has 106 valence electrons. The van der Waals surface area contributed by atoms with Crippen molar-refractivity contribution >= 4 is 21.4 Å². The number of benzene rings is 1. The van der Waals surface area contributed by atoms with Crippen LogP contribution in [0.15, 0.2) is 24.3 Å². The second-order valence-electron chi connectivity index (χ2n) is 4.71. The lowest BCUT2D eigenvalue weighted by atomic mass is 10.2. The van der Waals surface area contributed by atoms with E-state index in [4.69, 9.17) is 5.26 Å². The highest BCUT2D eigenvalue weighted by molar-refractivity contribution is 7.91. The molecule has 1 aliphatic rings. The third-order valence-electron chi connectivity index (χ3n) is 3.06. The van der Waals surface area contributed by atoms with Crippen LogP contribution in [0.1, 0.15) is 12.0 Å². The van der Waals surface area contributed by atoms with E-state index >= 15 is 0 Å². The van der Waals surface area contributed by atoms with Crippen molar-refractivity contribution in [2.24, 2.45) is 0 Å². The number of nitrogens with one attached hydrogen (secondary N) is 2. The molecule has 0 spiro atoms. The molecule has 1 aromatic carbocycles. The number of sulfone groups is 1. The summed E-state index contributed by atoms with van der Waals surface area (Å²) in [6.07, 6.45) is 0.477. The van der Waals surface area contributed by atoms with Crippen LogP contribution in [0.25, 0.3) is 0 Å². The lowest BCUT2D eigenvalue weighted by molar-refractivity contribution is -0.119. The Kier molecular flexibility index (Phi) is 4.25. The molecule has 2 rings (SSSR count). The molecule has 0 radical (unpaired) electrons. The minimum absolute atomic E-state index is 0.0234. The van der Waals surface area contributed by atoms with Gasteiger partial charge in [-0.05, 0) is 30.7 Å². The van der Waals surface area contributed by atoms with Crippen molar-refractivity contribution in [3.8, 4) is 6.07 Å². The van der Waals surface area contributed by atoms with E-state index in [0.29, 0.717) is 12.0 Å². The van der Waals surface area contributed by atoms with Crippen molar-refractivity contribution in [2.75, 3.05) is 23.4 Å². The molecule has 20 heavy (non-hydrogen) atoms. The van der Waals surface area contributed by atoms with E-state index in [1.807, 2.05) is 6.07 Å². The molecule has 1 aliphatic heterocycles. The fourth-order valence-corrected chi connectivity index (χ4v) is 3.71. The summed E-state index contributed by atoms with van der Waals surface area (Å²) >= 11 is 0. The molecule has 1 aromatic rings. The Labute approximate surface area is 117 Å². The average molecular weight is 293 g/mol. The lowest BCUT2D eigenvalue weighted by Gasteiger charge is -2.11. The summed E-state index contributed by atoms with van der Waals surface area (Å²) in [7, 11) is -2.98. The van der Waals surface area contributed by atoms with Crippen LogP contribution in [0.3, 0.4) is 0 Å². The summed E-state index contributed by atoms with van der Waals surface area (Å²) in [6.45, 7) is 0.0719. The van der Waals surface area contributed by atoms with Crippen molar-refractivity contribution in [1.82, 2.24) is 5.32 Å². The van der Waals surface area contributed by atoms with E-state index in [-0.39, 0.29) is 30.0 Å². The van der Waals surface area contributed by atoms with Crippen LogP contribution in [-0.2, 0) is 14.6 Å². The van der Waals surface area contributed by atoms with E-state index < -0.39 is 9.84 Å². The first-order valence-electron chi connectivity index (χ1n) is 6.22. The normalized spacial score (nSPS) is 20.1. The Hall–Kier alpha value is -2.07. The molecule has 0 aliphatic carbocycles. The monoisotopic (exact) mass is 293 g/mol. The number of hydrogen-bond acceptors (Lipinski definition) is 5. The molecule has 1 fully saturated rings. The molecule has 0 saturated carbocycles. The zero-order chi connectivity index (χ0) is 14.6. The maximum Gasteiger partial charge on any atom is 0.239 e. The van der Waals surface area contributed by atoms with Crippen LogP contribution in [0.5, 0.6) is 0 Å². The van der Waals surface area contributed by atoms with Gasteiger partial charge in [-0.3, -0.25) is 4.79 Å². The first-order valence-corrected chi connectivity index (χ1v) is 8.04. The molecule has 2 N–H and O–H groups in total. The Morgan fingerprint density at radius 1 is 1.35 bits per heavy atom. The van der Waals surface area contributed by atoms with E-state index in [9.17, 15) is 13.2 Å². The maximum atomic E-state index is 11.7. The Balaban J connectivity index is 1.79. The van der Waals surface area contributed by atoms with Gasteiger partial charge in [-0.15, -0.1) is 0 Å². The first-order chi connectivity index (χ1) is 9.48. The van der Waals surface area contributed by atoms with Gasteiger partial charge in [-0.1, -0.05) is 0 Å². The molecule has 6 nitrogen and oxygen atoms in total. The predicted molar refractivity (Wildman–Crippen MR) is 74.8 cm³/mol. The summed E-state index contributed by atoms with van der Waals surface area (Å²) in [5.41, 5.74) is 1.29. The Morgan fingerprint density at radius 2 is 2.05 bits per heavy atom. The number of carbonyl (C=O) groups is 1. The number of nitrogens with zero attached hydrogens (tertiary/aromatic N) is 1. The third-order valence-corrected chi connectivity index (χ3v) is 4.83. The second-order valence-corrected chi connectivity index (χ2v) is 6.94. The quantitative estimate of drug-likeness (QED) is 0.830. The highest BCUT2D eigenvalue weighted by Crippen LogP contribution is 2.11. The van der Waals surface area contributed by atoms with E-state index in [1.54, 1.807) is 24.3 Å². The summed E-state index contributed by atoms with van der Waals surface area (Å²) in [6, 6.07) is 8.47. The van der Waals surface area contributed by atoms with Crippen LogP contribution in [0.2, 0.25) is 0 Å². The highest BCUT2D eigenvalue weighted by atomic mass is 32.2. The SMILES string of the molecule is N#Cc1ccc(NCC(=O)NC2CCS(=O)(=O)C2)cc1. The summed E-state index contributed by atoms with van der Waals surface area (Å²) in [5.74, 6) is -0.0761. The summed E-state index contributed by atoms with van der Waals surface area (Å²) in [5, 5.41) is 14.3. The Morgan fingerprint density at radius 3 is 2.60 bits per heavy atom. The zero-order valence-corrected chi connectivity index (χ0v) is 11.6. The number of hydrogen-bond donors (Lipinski definition) is 2. The van der Waals surface area contributed by atoms with Gasteiger partial charge in [0.25, 0.3) is 0 Å². The van der Waals surface area contributed by atoms with Gasteiger partial charge in [0.15, 0.2) is 9.84 Å². The van der Waals surface area contributed by atoms with Gasteiger partial charge in [0.1, 0.15) is 0 Å². The highest BCUT2D eigenvalue weighted by Gasteiger charge is 2.28. The van der Waals surface area contributed by atoms with Gasteiger partial charge in [0, 0.05) is 11.7 Å². The zero-order valence-electron chi connectivity index (χ0n) is 10.8. The maximum absolute atomic E-state index is 11.7. The number of rotatable bonds is 4. The van der Waals surface area contributed by atoms with Gasteiger partial charge >= 0.3 is 0 Å². The van der Waals surface area contributed by atoms with Gasteiger partial charge in [-0.25, -0.2) is 8.42 Å². The molecule has 7 heteroatoms. The first kappa shape index (κ1) is 14.3. The molecule has 1 heterocycles. The van der Waals surface area contributed by atoms with Crippen molar-refractivity contribution < 1.29 is 13.2 Å². The number of amides is 1. The number of nitriles is 1. The summed E-state index contributed by atoms with van der Waals surface area (Å²) < 4.78 is 22.5. The standard InChI is InChI=1S/C13H15N3O3S/c14-7-10-1-3-11(4-2-10)15-8-13(17)16-12-5-6-20(18,19)9-12/h1-4,12,15H,5-6,8-9H2,(H,16,17). The minimum Gasteiger partial charge on any atom is -0.376 e. The fourth-order valence-electron chi connectivity index (χ4n) is 2.03. The average Bonchev–Trinajstić information content (AvgIpc) is 2.76. The second kappa shape index (κ2) is 5.92. The van der Waals surface area contributed by atoms with Crippen molar-refractivity contribution in [2.45, 2.75) is 12.5 Å². The molecule has 1 saturated heterocycles. The van der Waals surface area contributed by atoms with Crippen LogP contribution in [-0.4, -0.2) is 38.4 Å². The van der Waals surface area contributed by atoms with E-state index in [1.165, 1.54) is 0 Å². The number of carbonyl (C=O) groups excluding carboxylic acids is 1. The van der Waals surface area contributed by atoms with Crippen LogP contribution < -0.4 is 10.6 Å². The largest absolute Gasteiger partial charge is 0.376 e. The molecular weight excluding hydrogens is 278 g/mol. The van der Waals surface area contributed by atoms with Crippen LogP contribution >= 0.6 is 0 Å². The van der Waals surface area contributed by atoms with Gasteiger partial charge < -0.3 is 10.6 Å². The number of anilines is 1.